The molecule has 0 spiro atoms. The number of benzene rings is 5. The Morgan fingerprint density at radius 2 is 1.11 bits per heavy atom. The summed E-state index contributed by atoms with van der Waals surface area (Å²) in [4.78, 5) is 0. The van der Waals surface area contributed by atoms with Crippen LogP contribution < -0.4 is 0 Å². The summed E-state index contributed by atoms with van der Waals surface area (Å²) in [5.74, 6) is 0. The number of hydrogen-bond donors (Lipinski definition) is 0. The van der Waals surface area contributed by atoms with Gasteiger partial charge >= 0.3 is 0 Å². The van der Waals surface area contributed by atoms with E-state index in [-0.39, 0.29) is 0 Å². The topological polar surface area (TPSA) is 4.93 Å². The molecule has 1 aromatic heterocycles. The van der Waals surface area contributed by atoms with Crippen LogP contribution in [0.15, 0.2) is 103 Å². The molecule has 0 amide bonds. The molecule has 6 rings (SSSR count). The average Bonchev–Trinajstić information content (AvgIpc) is 3.08. The molecular weight excluding hydrogens is 326 g/mol. The summed E-state index contributed by atoms with van der Waals surface area (Å²) in [7, 11) is 0. The van der Waals surface area contributed by atoms with Crippen molar-refractivity contribution in [1.82, 2.24) is 4.57 Å². The number of para-hydroxylation sites is 1. The molecule has 0 atom stereocenters. The van der Waals surface area contributed by atoms with Crippen LogP contribution in [0.2, 0.25) is 0 Å². The maximum Gasteiger partial charge on any atom is 0.0619 e. The first-order valence-electron chi connectivity index (χ1n) is 9.30. The maximum atomic E-state index is 2.42. The van der Waals surface area contributed by atoms with Crippen molar-refractivity contribution in [2.75, 3.05) is 0 Å². The summed E-state index contributed by atoms with van der Waals surface area (Å²) in [5.41, 5.74) is 3.74. The van der Waals surface area contributed by atoms with Gasteiger partial charge < -0.3 is 4.57 Å². The summed E-state index contributed by atoms with van der Waals surface area (Å²) < 4.78 is 2.42. The fourth-order valence-electron chi connectivity index (χ4n) is 4.31. The summed E-state index contributed by atoms with van der Waals surface area (Å²) >= 11 is 0. The third kappa shape index (κ3) is 2.06. The zero-order valence-electron chi connectivity index (χ0n) is 14.8. The van der Waals surface area contributed by atoms with Gasteiger partial charge in [-0.3, -0.25) is 0 Å². The number of rotatable bonds is 1. The predicted octanol–water partition coefficient (Wildman–Crippen LogP) is 7.09. The molecule has 1 heteroatoms. The highest BCUT2D eigenvalue weighted by Crippen LogP contribution is 2.36. The van der Waals surface area contributed by atoms with Gasteiger partial charge in [0.05, 0.1) is 11.0 Å². The van der Waals surface area contributed by atoms with Gasteiger partial charge in [-0.05, 0) is 34.4 Å². The third-order valence-electron chi connectivity index (χ3n) is 5.55. The highest BCUT2D eigenvalue weighted by atomic mass is 15.0. The van der Waals surface area contributed by atoms with Crippen molar-refractivity contribution < 1.29 is 0 Å². The van der Waals surface area contributed by atoms with Crippen molar-refractivity contribution in [1.29, 1.82) is 0 Å². The summed E-state index contributed by atoms with van der Waals surface area (Å²) in [6, 6.07) is 37.1. The molecule has 27 heavy (non-hydrogen) atoms. The molecular formula is C26H17N. The third-order valence-corrected chi connectivity index (χ3v) is 5.55. The van der Waals surface area contributed by atoms with E-state index in [1.807, 2.05) is 0 Å². The molecule has 5 aromatic carbocycles. The largest absolute Gasteiger partial charge is 0.309 e. The van der Waals surface area contributed by atoms with E-state index >= 15 is 0 Å². The molecule has 0 aliphatic rings. The van der Waals surface area contributed by atoms with E-state index in [2.05, 4.69) is 108 Å². The Balaban J connectivity index is 1.84. The second-order valence-corrected chi connectivity index (χ2v) is 7.07. The van der Waals surface area contributed by atoms with Crippen LogP contribution in [-0.4, -0.2) is 4.57 Å². The minimum absolute atomic E-state index is 1.20. The van der Waals surface area contributed by atoms with Crippen molar-refractivity contribution in [3.05, 3.63) is 103 Å². The molecule has 1 nitrogen and oxygen atoms in total. The van der Waals surface area contributed by atoms with Crippen molar-refractivity contribution in [2.24, 2.45) is 0 Å². The Labute approximate surface area is 157 Å². The first kappa shape index (κ1) is 14.6. The van der Waals surface area contributed by atoms with Gasteiger partial charge in [-0.15, -0.1) is 0 Å². The lowest BCUT2D eigenvalue weighted by atomic mass is 10.1. The number of aromatic nitrogens is 1. The first-order chi connectivity index (χ1) is 13.4. The normalized spacial score (nSPS) is 11.7. The Bertz CT molecular complexity index is 1470. The van der Waals surface area contributed by atoms with Gasteiger partial charge in [0.25, 0.3) is 0 Å². The van der Waals surface area contributed by atoms with Gasteiger partial charge in [-0.1, -0.05) is 84.9 Å². The van der Waals surface area contributed by atoms with Gasteiger partial charge in [0.1, 0.15) is 0 Å². The fourth-order valence-corrected chi connectivity index (χ4v) is 4.31. The Morgan fingerprint density at radius 1 is 0.444 bits per heavy atom. The van der Waals surface area contributed by atoms with E-state index in [4.69, 9.17) is 0 Å². The van der Waals surface area contributed by atoms with Gasteiger partial charge in [0, 0.05) is 21.8 Å². The lowest BCUT2D eigenvalue weighted by Gasteiger charge is -2.11. The fraction of sp³-hybridized carbons (Fsp3) is 0. The molecule has 0 aliphatic heterocycles. The number of nitrogens with zero attached hydrogens (tertiary/aromatic N) is 1. The van der Waals surface area contributed by atoms with E-state index in [9.17, 15) is 0 Å². The SMILES string of the molecule is c1ccc2cc(-n3c4ccccc4c4ccc5ccccc5c43)ccc2c1. The van der Waals surface area contributed by atoms with Crippen LogP contribution in [0.25, 0.3) is 49.0 Å². The number of hydrogen-bond acceptors (Lipinski definition) is 0. The Kier molecular flexibility index (Phi) is 2.95. The highest BCUT2D eigenvalue weighted by molar-refractivity contribution is 6.18. The summed E-state index contributed by atoms with van der Waals surface area (Å²) in [5, 5.41) is 7.70. The first-order valence-corrected chi connectivity index (χ1v) is 9.30. The second-order valence-electron chi connectivity index (χ2n) is 7.07. The van der Waals surface area contributed by atoms with Crippen molar-refractivity contribution in [2.45, 2.75) is 0 Å². The smallest absolute Gasteiger partial charge is 0.0619 e. The summed E-state index contributed by atoms with van der Waals surface area (Å²) in [6.07, 6.45) is 0. The Hall–Kier alpha value is -3.58. The van der Waals surface area contributed by atoms with Crippen LogP contribution in [-0.2, 0) is 0 Å². The summed E-state index contributed by atoms with van der Waals surface area (Å²) in [6.45, 7) is 0. The molecule has 0 unspecified atom stereocenters. The predicted molar refractivity (Wildman–Crippen MR) is 116 cm³/mol. The van der Waals surface area contributed by atoms with Crippen LogP contribution in [0.5, 0.6) is 0 Å². The minimum atomic E-state index is 1.20. The molecule has 1 heterocycles. The van der Waals surface area contributed by atoms with Crippen LogP contribution in [0, 0.1) is 0 Å². The molecule has 0 aliphatic carbocycles. The molecule has 0 saturated carbocycles. The molecule has 126 valence electrons. The van der Waals surface area contributed by atoms with Crippen molar-refractivity contribution in [3.63, 3.8) is 0 Å². The molecule has 0 radical (unpaired) electrons. The van der Waals surface area contributed by atoms with Crippen molar-refractivity contribution >= 4 is 43.4 Å². The average molecular weight is 343 g/mol. The van der Waals surface area contributed by atoms with E-state index in [1.165, 1.54) is 49.0 Å². The minimum Gasteiger partial charge on any atom is -0.309 e. The highest BCUT2D eigenvalue weighted by Gasteiger charge is 2.14. The lowest BCUT2D eigenvalue weighted by molar-refractivity contribution is 1.19. The molecule has 0 saturated heterocycles. The zero-order valence-corrected chi connectivity index (χ0v) is 14.8. The molecule has 6 aromatic rings. The van der Waals surface area contributed by atoms with E-state index < -0.39 is 0 Å². The van der Waals surface area contributed by atoms with Crippen LogP contribution >= 0.6 is 0 Å². The van der Waals surface area contributed by atoms with Gasteiger partial charge in [0.15, 0.2) is 0 Å². The monoisotopic (exact) mass is 343 g/mol. The molecule has 0 bridgehead atoms. The van der Waals surface area contributed by atoms with E-state index in [0.717, 1.165) is 0 Å². The second kappa shape index (κ2) is 5.46. The zero-order chi connectivity index (χ0) is 17.8. The van der Waals surface area contributed by atoms with Gasteiger partial charge in [-0.25, -0.2) is 0 Å². The van der Waals surface area contributed by atoms with Crippen LogP contribution in [0.3, 0.4) is 0 Å². The quantitative estimate of drug-likeness (QED) is 0.300. The van der Waals surface area contributed by atoms with Crippen LogP contribution in [0.4, 0.5) is 0 Å². The molecule has 0 N–H and O–H groups in total. The number of fused-ring (bicyclic) bond motifs is 6. The van der Waals surface area contributed by atoms with Crippen molar-refractivity contribution in [3.8, 4) is 5.69 Å². The maximum absolute atomic E-state index is 2.42. The van der Waals surface area contributed by atoms with Gasteiger partial charge in [0.2, 0.25) is 0 Å². The van der Waals surface area contributed by atoms with E-state index in [0.29, 0.717) is 0 Å². The lowest BCUT2D eigenvalue weighted by Crippen LogP contribution is -1.94. The van der Waals surface area contributed by atoms with Gasteiger partial charge in [-0.2, -0.15) is 0 Å². The standard InChI is InChI=1S/C26H17N/c1-2-9-20-17-21(15-13-18(20)7-1)27-25-12-6-5-11-23(25)24-16-14-19-8-3-4-10-22(19)26(24)27/h1-17H. The van der Waals surface area contributed by atoms with Crippen LogP contribution in [0.1, 0.15) is 0 Å². The Morgan fingerprint density at radius 3 is 2.00 bits per heavy atom. The molecule has 0 fully saturated rings. The van der Waals surface area contributed by atoms with E-state index in [1.54, 1.807) is 0 Å².